The van der Waals surface area contributed by atoms with E-state index in [9.17, 15) is 9.59 Å². The van der Waals surface area contributed by atoms with Crippen molar-refractivity contribution in [2.45, 2.75) is 19.8 Å². The van der Waals surface area contributed by atoms with Crippen molar-refractivity contribution in [2.24, 2.45) is 0 Å². The molecule has 1 rings (SSSR count). The van der Waals surface area contributed by atoms with Gasteiger partial charge in [-0.15, -0.1) is 0 Å². The van der Waals surface area contributed by atoms with Crippen LogP contribution in [0.1, 0.15) is 18.9 Å². The van der Waals surface area contributed by atoms with Crippen LogP contribution in [0.2, 0.25) is 0 Å². The molecule has 0 aliphatic carbocycles. The van der Waals surface area contributed by atoms with Crippen molar-refractivity contribution in [3.63, 3.8) is 0 Å². The fourth-order valence-corrected chi connectivity index (χ4v) is 1.24. The van der Waals surface area contributed by atoms with E-state index in [0.717, 1.165) is 5.56 Å². The first kappa shape index (κ1) is 13.0. The summed E-state index contributed by atoms with van der Waals surface area (Å²) in [5.74, 6) is -0.463. The molecule has 4 nitrogen and oxygen atoms in total. The molecule has 90 valence electrons. The number of hydrazine groups is 1. The zero-order valence-electron chi connectivity index (χ0n) is 9.77. The quantitative estimate of drug-likeness (QED) is 0.608. The highest BCUT2D eigenvalue weighted by Gasteiger charge is 2.03. The molecule has 0 radical (unpaired) electrons. The van der Waals surface area contributed by atoms with Crippen molar-refractivity contribution >= 4 is 11.8 Å². The predicted octanol–water partition coefficient (Wildman–Crippen LogP) is 1.34. The van der Waals surface area contributed by atoms with Crippen molar-refractivity contribution in [1.29, 1.82) is 0 Å². The number of benzene rings is 1. The Morgan fingerprint density at radius 3 is 2.41 bits per heavy atom. The molecule has 0 bridgehead atoms. The van der Waals surface area contributed by atoms with Gasteiger partial charge >= 0.3 is 0 Å². The average Bonchev–Trinajstić information content (AvgIpc) is 2.35. The number of nitrogens with one attached hydrogen (secondary N) is 2. The first-order valence-corrected chi connectivity index (χ1v) is 5.45. The van der Waals surface area contributed by atoms with Crippen LogP contribution in [0.3, 0.4) is 0 Å². The van der Waals surface area contributed by atoms with E-state index in [2.05, 4.69) is 10.9 Å². The molecule has 0 atom stereocenters. The molecule has 2 amide bonds. The molecule has 0 aromatic heterocycles. The van der Waals surface area contributed by atoms with Crippen molar-refractivity contribution in [3.8, 4) is 0 Å². The summed E-state index contributed by atoms with van der Waals surface area (Å²) in [7, 11) is 0. The zero-order valence-corrected chi connectivity index (χ0v) is 9.77. The molecule has 0 aliphatic rings. The zero-order chi connectivity index (χ0) is 12.5. The highest BCUT2D eigenvalue weighted by Crippen LogP contribution is 1.98. The predicted molar refractivity (Wildman–Crippen MR) is 65.9 cm³/mol. The van der Waals surface area contributed by atoms with Gasteiger partial charge in [-0.05, 0) is 12.5 Å². The molecule has 0 aliphatic heterocycles. The summed E-state index contributed by atoms with van der Waals surface area (Å²) >= 11 is 0. The molecule has 17 heavy (non-hydrogen) atoms. The van der Waals surface area contributed by atoms with Gasteiger partial charge in [-0.3, -0.25) is 20.4 Å². The van der Waals surface area contributed by atoms with Crippen LogP contribution in [0, 0.1) is 0 Å². The summed E-state index contributed by atoms with van der Waals surface area (Å²) < 4.78 is 0. The molecule has 0 unspecified atom stereocenters. The summed E-state index contributed by atoms with van der Waals surface area (Å²) in [5, 5.41) is 0. The van der Waals surface area contributed by atoms with Gasteiger partial charge in [-0.25, -0.2) is 0 Å². The summed E-state index contributed by atoms with van der Waals surface area (Å²) in [6.07, 6.45) is 4.02. The van der Waals surface area contributed by atoms with Gasteiger partial charge in [0.15, 0.2) is 0 Å². The molecule has 0 heterocycles. The average molecular weight is 232 g/mol. The number of rotatable bonds is 4. The van der Waals surface area contributed by atoms with Crippen LogP contribution < -0.4 is 10.9 Å². The molecule has 1 aromatic carbocycles. The van der Waals surface area contributed by atoms with Gasteiger partial charge in [0.05, 0.1) is 6.42 Å². The molecular formula is C13H16N2O2. The van der Waals surface area contributed by atoms with Gasteiger partial charge in [0.2, 0.25) is 11.8 Å². The maximum Gasteiger partial charge on any atom is 0.242 e. The molecule has 0 saturated carbocycles. The Kier molecular flexibility index (Phi) is 5.51. The van der Waals surface area contributed by atoms with E-state index in [1.54, 1.807) is 12.2 Å². The minimum atomic E-state index is -0.232. The van der Waals surface area contributed by atoms with Crippen LogP contribution in [0.25, 0.3) is 0 Å². The Labute approximate surface area is 101 Å². The van der Waals surface area contributed by atoms with Gasteiger partial charge in [0.25, 0.3) is 0 Å². The first-order chi connectivity index (χ1) is 8.22. The van der Waals surface area contributed by atoms with Gasteiger partial charge in [0, 0.05) is 6.42 Å². The van der Waals surface area contributed by atoms with Gasteiger partial charge in [-0.2, -0.15) is 0 Å². The summed E-state index contributed by atoms with van der Waals surface area (Å²) in [6, 6.07) is 9.35. The normalized spacial score (nSPS) is 10.2. The van der Waals surface area contributed by atoms with Crippen LogP contribution in [-0.4, -0.2) is 11.8 Å². The van der Waals surface area contributed by atoms with Gasteiger partial charge in [0.1, 0.15) is 0 Å². The third kappa shape index (κ3) is 5.51. The SMILES string of the molecule is C/C=C\CC(=O)NNC(=O)Cc1ccccc1. The summed E-state index contributed by atoms with van der Waals surface area (Å²) in [5.41, 5.74) is 5.63. The second kappa shape index (κ2) is 7.22. The summed E-state index contributed by atoms with van der Waals surface area (Å²) in [4.78, 5) is 22.6. The van der Waals surface area contributed by atoms with Crippen molar-refractivity contribution < 1.29 is 9.59 Å². The smallest absolute Gasteiger partial charge is 0.242 e. The van der Waals surface area contributed by atoms with E-state index in [1.807, 2.05) is 37.3 Å². The second-order valence-corrected chi connectivity index (χ2v) is 3.53. The maximum absolute atomic E-state index is 11.4. The Balaban J connectivity index is 2.28. The Hall–Kier alpha value is -2.10. The number of allylic oxidation sites excluding steroid dienone is 1. The number of hydrogen-bond donors (Lipinski definition) is 2. The van der Waals surface area contributed by atoms with Crippen molar-refractivity contribution in [1.82, 2.24) is 10.9 Å². The number of amides is 2. The van der Waals surface area contributed by atoms with Crippen LogP contribution >= 0.6 is 0 Å². The van der Waals surface area contributed by atoms with Gasteiger partial charge in [-0.1, -0.05) is 42.5 Å². The number of carbonyl (C=O) groups is 2. The van der Waals surface area contributed by atoms with E-state index in [4.69, 9.17) is 0 Å². The minimum Gasteiger partial charge on any atom is -0.273 e. The van der Waals surface area contributed by atoms with E-state index >= 15 is 0 Å². The lowest BCUT2D eigenvalue weighted by molar-refractivity contribution is -0.128. The van der Waals surface area contributed by atoms with E-state index in [0.29, 0.717) is 0 Å². The Morgan fingerprint density at radius 1 is 1.12 bits per heavy atom. The van der Waals surface area contributed by atoms with E-state index < -0.39 is 0 Å². The number of carbonyl (C=O) groups excluding carboxylic acids is 2. The van der Waals surface area contributed by atoms with Crippen molar-refractivity contribution in [3.05, 3.63) is 48.0 Å². The monoisotopic (exact) mass is 232 g/mol. The minimum absolute atomic E-state index is 0.231. The third-order valence-corrected chi connectivity index (χ3v) is 2.09. The molecule has 2 N–H and O–H groups in total. The van der Waals surface area contributed by atoms with Crippen LogP contribution in [0.4, 0.5) is 0 Å². The Bertz CT molecular complexity index is 399. The van der Waals surface area contributed by atoms with Crippen LogP contribution in [0.15, 0.2) is 42.5 Å². The first-order valence-electron chi connectivity index (χ1n) is 5.45. The fraction of sp³-hybridized carbons (Fsp3) is 0.231. The van der Waals surface area contributed by atoms with Crippen molar-refractivity contribution in [2.75, 3.05) is 0 Å². The molecule has 0 fully saturated rings. The fourth-order valence-electron chi connectivity index (χ4n) is 1.24. The van der Waals surface area contributed by atoms with E-state index in [-0.39, 0.29) is 24.7 Å². The lowest BCUT2D eigenvalue weighted by atomic mass is 10.1. The molecule has 4 heteroatoms. The van der Waals surface area contributed by atoms with Crippen LogP contribution in [-0.2, 0) is 16.0 Å². The third-order valence-electron chi connectivity index (χ3n) is 2.09. The lowest BCUT2D eigenvalue weighted by Gasteiger charge is -2.06. The van der Waals surface area contributed by atoms with Gasteiger partial charge < -0.3 is 0 Å². The highest BCUT2D eigenvalue weighted by molar-refractivity contribution is 5.83. The molecule has 1 aromatic rings. The number of hydrogen-bond acceptors (Lipinski definition) is 2. The lowest BCUT2D eigenvalue weighted by Crippen LogP contribution is -2.42. The van der Waals surface area contributed by atoms with Crippen LogP contribution in [0.5, 0.6) is 0 Å². The maximum atomic E-state index is 11.4. The summed E-state index contributed by atoms with van der Waals surface area (Å²) in [6.45, 7) is 1.83. The standard InChI is InChI=1S/C13H16N2O2/c1-2-3-9-12(16)14-15-13(17)10-11-7-5-4-6-8-11/h2-8H,9-10H2,1H3,(H,14,16)(H,15,17)/b3-2-. The molecular weight excluding hydrogens is 216 g/mol. The topological polar surface area (TPSA) is 58.2 Å². The largest absolute Gasteiger partial charge is 0.273 e. The molecule has 0 spiro atoms. The Morgan fingerprint density at radius 2 is 1.76 bits per heavy atom. The highest BCUT2D eigenvalue weighted by atomic mass is 16.2. The second-order valence-electron chi connectivity index (χ2n) is 3.53. The molecule has 0 saturated heterocycles. The van der Waals surface area contributed by atoms with E-state index in [1.165, 1.54) is 0 Å².